The number of fused-ring (bicyclic) bond motifs is 4. The zero-order chi connectivity index (χ0) is 20.6. The van der Waals surface area contributed by atoms with E-state index in [1.54, 1.807) is 11.1 Å². The second-order valence-corrected chi connectivity index (χ2v) is 10.4. The Morgan fingerprint density at radius 1 is 1.10 bits per heavy atom. The molecular formula is C28H33N. The molecule has 3 aliphatic carbocycles. The van der Waals surface area contributed by atoms with Crippen LogP contribution in [0.1, 0.15) is 72.1 Å². The summed E-state index contributed by atoms with van der Waals surface area (Å²) in [7, 11) is 0. The van der Waals surface area contributed by atoms with Crippen molar-refractivity contribution in [2.75, 3.05) is 0 Å². The summed E-state index contributed by atoms with van der Waals surface area (Å²) in [6, 6.07) is 8.99. The van der Waals surface area contributed by atoms with Crippen molar-refractivity contribution in [3.63, 3.8) is 0 Å². The Bertz CT molecular complexity index is 1100. The molecule has 2 bridgehead atoms. The lowest BCUT2D eigenvalue weighted by molar-refractivity contribution is 0.213. The lowest BCUT2D eigenvalue weighted by Crippen LogP contribution is -2.39. The van der Waals surface area contributed by atoms with Gasteiger partial charge in [-0.25, -0.2) is 0 Å². The zero-order valence-corrected chi connectivity index (χ0v) is 18.8. The fourth-order valence-electron chi connectivity index (χ4n) is 6.36. The molecular weight excluding hydrogens is 350 g/mol. The van der Waals surface area contributed by atoms with E-state index in [0.29, 0.717) is 11.8 Å². The molecule has 2 unspecified atom stereocenters. The first kappa shape index (κ1) is 18.9. The number of hydrogen-bond donors (Lipinski definition) is 0. The highest BCUT2D eigenvalue weighted by atomic mass is 14.7. The maximum Gasteiger partial charge on any atom is 0.0749 e. The van der Waals surface area contributed by atoms with Crippen molar-refractivity contribution in [1.29, 1.82) is 0 Å². The molecule has 1 nitrogen and oxygen atoms in total. The molecule has 0 N–H and O–H groups in total. The summed E-state index contributed by atoms with van der Waals surface area (Å²) in [5.74, 6) is 1.06. The van der Waals surface area contributed by atoms with Crippen LogP contribution in [0.5, 0.6) is 0 Å². The summed E-state index contributed by atoms with van der Waals surface area (Å²) in [5, 5.41) is 2.71. The van der Waals surface area contributed by atoms with E-state index in [1.807, 2.05) is 6.20 Å². The van der Waals surface area contributed by atoms with Crippen LogP contribution >= 0.6 is 0 Å². The van der Waals surface area contributed by atoms with Gasteiger partial charge in [-0.15, -0.1) is 0 Å². The molecule has 0 saturated heterocycles. The Balaban J connectivity index is 1.93. The van der Waals surface area contributed by atoms with Gasteiger partial charge in [-0.1, -0.05) is 70.5 Å². The van der Waals surface area contributed by atoms with E-state index in [4.69, 9.17) is 4.98 Å². The number of hydrogen-bond acceptors (Lipinski definition) is 1. The first-order chi connectivity index (χ1) is 13.8. The van der Waals surface area contributed by atoms with Crippen LogP contribution in [0.4, 0.5) is 0 Å². The van der Waals surface area contributed by atoms with Gasteiger partial charge in [-0.05, 0) is 77.2 Å². The Labute approximate surface area is 175 Å². The molecule has 2 atom stereocenters. The predicted octanol–water partition coefficient (Wildman–Crippen LogP) is 7.63. The molecule has 0 radical (unpaired) electrons. The molecule has 150 valence electrons. The van der Waals surface area contributed by atoms with Crippen LogP contribution in [0.2, 0.25) is 0 Å². The van der Waals surface area contributed by atoms with E-state index < -0.39 is 0 Å². The van der Waals surface area contributed by atoms with Gasteiger partial charge in [0, 0.05) is 17.0 Å². The van der Waals surface area contributed by atoms with Gasteiger partial charge in [0.05, 0.1) is 5.69 Å². The van der Waals surface area contributed by atoms with Crippen molar-refractivity contribution in [3.05, 3.63) is 70.6 Å². The molecule has 0 aliphatic heterocycles. The predicted molar refractivity (Wildman–Crippen MR) is 124 cm³/mol. The summed E-state index contributed by atoms with van der Waals surface area (Å²) in [5.41, 5.74) is 9.12. The number of benzene rings is 1. The average Bonchev–Trinajstić information content (AvgIpc) is 2.68. The first-order valence-electron chi connectivity index (χ1n) is 11.3. The molecule has 2 aromatic rings. The van der Waals surface area contributed by atoms with E-state index in [2.05, 4.69) is 78.0 Å². The topological polar surface area (TPSA) is 12.9 Å². The molecule has 29 heavy (non-hydrogen) atoms. The van der Waals surface area contributed by atoms with Crippen LogP contribution in [0.3, 0.4) is 0 Å². The van der Waals surface area contributed by atoms with E-state index in [-0.39, 0.29) is 10.8 Å². The Morgan fingerprint density at radius 2 is 1.90 bits per heavy atom. The van der Waals surface area contributed by atoms with Gasteiger partial charge in [0.15, 0.2) is 0 Å². The molecule has 0 amide bonds. The van der Waals surface area contributed by atoms with Gasteiger partial charge < -0.3 is 0 Å². The molecule has 0 fully saturated rings. The first-order valence-corrected chi connectivity index (χ1v) is 11.3. The standard InChI is InChI=1S/C28H33N/c1-17(2)28(6)14-8-7-10-20-16-22(28)24-25(18(20)3)27(4,5)21-12-9-11-19-13-15-29-26(24)23(19)21/h8-9,11-15,17,22H,7,10,16H2,1-6H3. The molecule has 5 rings (SSSR count). The van der Waals surface area contributed by atoms with E-state index >= 15 is 0 Å². The second kappa shape index (κ2) is 6.17. The highest BCUT2D eigenvalue weighted by Gasteiger charge is 2.47. The second-order valence-electron chi connectivity index (χ2n) is 10.4. The number of nitrogens with zero attached hydrogens (tertiary/aromatic N) is 1. The fraction of sp³-hybridized carbons (Fsp3) is 0.464. The molecule has 3 aliphatic rings. The number of allylic oxidation sites excluding steroid dienone is 6. The summed E-state index contributed by atoms with van der Waals surface area (Å²) >= 11 is 0. The summed E-state index contributed by atoms with van der Waals surface area (Å²) in [6.45, 7) is 14.5. The minimum atomic E-state index is -0.000317. The Kier molecular flexibility index (Phi) is 4.01. The molecule has 1 aromatic heterocycles. The largest absolute Gasteiger partial charge is 0.256 e. The van der Waals surface area contributed by atoms with Crippen LogP contribution in [-0.2, 0) is 5.41 Å². The van der Waals surface area contributed by atoms with Crippen LogP contribution in [-0.4, -0.2) is 4.98 Å². The number of rotatable bonds is 1. The van der Waals surface area contributed by atoms with Crippen molar-refractivity contribution < 1.29 is 0 Å². The lowest BCUT2D eigenvalue weighted by atomic mass is 9.54. The fourth-order valence-corrected chi connectivity index (χ4v) is 6.36. The smallest absolute Gasteiger partial charge is 0.0749 e. The third-order valence-corrected chi connectivity index (χ3v) is 8.40. The van der Waals surface area contributed by atoms with E-state index in [1.165, 1.54) is 46.0 Å². The molecule has 1 heteroatoms. The number of aromatic nitrogens is 1. The highest BCUT2D eigenvalue weighted by Crippen LogP contribution is 2.59. The normalized spacial score (nSPS) is 27.9. The van der Waals surface area contributed by atoms with Gasteiger partial charge in [0.2, 0.25) is 0 Å². The monoisotopic (exact) mass is 383 g/mol. The molecule has 1 aromatic carbocycles. The maximum absolute atomic E-state index is 5.04. The third kappa shape index (κ3) is 2.43. The molecule has 1 heterocycles. The van der Waals surface area contributed by atoms with Crippen LogP contribution in [0.25, 0.3) is 16.3 Å². The Morgan fingerprint density at radius 3 is 2.66 bits per heavy atom. The van der Waals surface area contributed by atoms with Crippen LogP contribution in [0, 0.1) is 17.3 Å². The third-order valence-electron chi connectivity index (χ3n) is 8.40. The van der Waals surface area contributed by atoms with Crippen molar-refractivity contribution in [2.24, 2.45) is 17.3 Å². The average molecular weight is 384 g/mol. The quantitative estimate of drug-likeness (QED) is 0.461. The van der Waals surface area contributed by atoms with Gasteiger partial charge in [0.1, 0.15) is 0 Å². The van der Waals surface area contributed by atoms with Gasteiger partial charge in [-0.2, -0.15) is 0 Å². The highest BCUT2D eigenvalue weighted by molar-refractivity contribution is 6.01. The van der Waals surface area contributed by atoms with Crippen molar-refractivity contribution >= 4 is 16.3 Å². The maximum atomic E-state index is 5.04. The Hall–Kier alpha value is -2.15. The minimum Gasteiger partial charge on any atom is -0.256 e. The van der Waals surface area contributed by atoms with Crippen LogP contribution in [0.15, 0.2) is 59.3 Å². The van der Waals surface area contributed by atoms with Crippen molar-refractivity contribution in [2.45, 2.75) is 66.2 Å². The van der Waals surface area contributed by atoms with Gasteiger partial charge >= 0.3 is 0 Å². The summed E-state index contributed by atoms with van der Waals surface area (Å²) in [4.78, 5) is 5.04. The van der Waals surface area contributed by atoms with E-state index in [9.17, 15) is 0 Å². The van der Waals surface area contributed by atoms with Gasteiger partial charge in [-0.3, -0.25) is 4.98 Å². The zero-order valence-electron chi connectivity index (χ0n) is 18.8. The van der Waals surface area contributed by atoms with Crippen LogP contribution < -0.4 is 0 Å². The van der Waals surface area contributed by atoms with Crippen molar-refractivity contribution in [1.82, 2.24) is 4.98 Å². The lowest BCUT2D eigenvalue weighted by Gasteiger charge is -2.49. The number of pyridine rings is 1. The van der Waals surface area contributed by atoms with Crippen molar-refractivity contribution in [3.8, 4) is 0 Å². The molecule has 0 spiro atoms. The van der Waals surface area contributed by atoms with E-state index in [0.717, 1.165) is 6.42 Å². The molecule has 0 saturated carbocycles. The summed E-state index contributed by atoms with van der Waals surface area (Å²) in [6.07, 6.45) is 10.5. The SMILES string of the molecule is CC1=C2CCC=CC(C)(C(C)C)C(C2)C2=C1C(C)(C)c1cccc3ccnc2c13. The van der Waals surface area contributed by atoms with Gasteiger partial charge in [0.25, 0.3) is 0 Å². The minimum absolute atomic E-state index is 0.000317. The summed E-state index contributed by atoms with van der Waals surface area (Å²) < 4.78 is 0.